The first kappa shape index (κ1) is 12.1. The van der Waals surface area contributed by atoms with Crippen LogP contribution < -0.4 is 5.32 Å². The molecular formula is C15H19NO. The quantitative estimate of drug-likeness (QED) is 0.790. The summed E-state index contributed by atoms with van der Waals surface area (Å²) < 4.78 is 0. The van der Waals surface area contributed by atoms with Crippen molar-refractivity contribution in [2.75, 3.05) is 13.3 Å². The molecule has 0 fully saturated rings. The van der Waals surface area contributed by atoms with Crippen LogP contribution in [0.2, 0.25) is 0 Å². The van der Waals surface area contributed by atoms with Crippen molar-refractivity contribution < 1.29 is 5.11 Å². The molecular weight excluding hydrogens is 210 g/mol. The van der Waals surface area contributed by atoms with Crippen LogP contribution in [0.4, 0.5) is 0 Å². The minimum Gasteiger partial charge on any atom is -0.381 e. The second-order valence-electron chi connectivity index (χ2n) is 5.00. The van der Waals surface area contributed by atoms with Crippen LogP contribution in [0.1, 0.15) is 19.4 Å². The summed E-state index contributed by atoms with van der Waals surface area (Å²) in [6.45, 7) is 5.17. The van der Waals surface area contributed by atoms with E-state index in [1.54, 1.807) is 0 Å². The van der Waals surface area contributed by atoms with E-state index in [4.69, 9.17) is 5.11 Å². The average molecular weight is 229 g/mol. The zero-order valence-electron chi connectivity index (χ0n) is 10.4. The monoisotopic (exact) mass is 229 g/mol. The van der Waals surface area contributed by atoms with Crippen LogP contribution in [0.25, 0.3) is 10.8 Å². The maximum Gasteiger partial charge on any atom is 0.0931 e. The Kier molecular flexibility index (Phi) is 3.46. The summed E-state index contributed by atoms with van der Waals surface area (Å²) in [5.41, 5.74) is 1.32. The smallest absolute Gasteiger partial charge is 0.0931 e. The lowest BCUT2D eigenvalue weighted by molar-refractivity contribution is 0.248. The van der Waals surface area contributed by atoms with E-state index < -0.39 is 0 Å². The summed E-state index contributed by atoms with van der Waals surface area (Å²) >= 11 is 0. The number of nitrogens with one attached hydrogen (secondary N) is 1. The molecule has 0 atom stereocenters. The summed E-state index contributed by atoms with van der Waals surface area (Å²) in [4.78, 5) is 0. The van der Waals surface area contributed by atoms with Gasteiger partial charge in [0.1, 0.15) is 0 Å². The Morgan fingerprint density at radius 3 is 2.53 bits per heavy atom. The van der Waals surface area contributed by atoms with Crippen molar-refractivity contribution in [2.24, 2.45) is 0 Å². The standard InChI is InChI=1S/C15H19NO/c1-15(2,10-16-11-17)14-9-5-7-12-6-3-4-8-13(12)14/h3-9,16-17H,10-11H2,1-2H3. The third-order valence-corrected chi connectivity index (χ3v) is 3.20. The highest BCUT2D eigenvalue weighted by atomic mass is 16.3. The number of aliphatic hydroxyl groups is 1. The van der Waals surface area contributed by atoms with Crippen molar-refractivity contribution in [1.29, 1.82) is 0 Å². The van der Waals surface area contributed by atoms with E-state index in [0.29, 0.717) is 0 Å². The van der Waals surface area contributed by atoms with Gasteiger partial charge in [0, 0.05) is 12.0 Å². The van der Waals surface area contributed by atoms with Crippen molar-refractivity contribution in [3.05, 3.63) is 48.0 Å². The van der Waals surface area contributed by atoms with Crippen molar-refractivity contribution in [3.63, 3.8) is 0 Å². The molecule has 0 amide bonds. The van der Waals surface area contributed by atoms with E-state index in [1.807, 2.05) is 0 Å². The zero-order chi connectivity index (χ0) is 12.3. The second kappa shape index (κ2) is 4.86. The highest BCUT2D eigenvalue weighted by molar-refractivity contribution is 5.86. The van der Waals surface area contributed by atoms with Crippen molar-refractivity contribution >= 4 is 10.8 Å². The summed E-state index contributed by atoms with van der Waals surface area (Å²) in [6, 6.07) is 14.8. The van der Waals surface area contributed by atoms with E-state index in [-0.39, 0.29) is 12.1 Å². The van der Waals surface area contributed by atoms with E-state index in [0.717, 1.165) is 6.54 Å². The van der Waals surface area contributed by atoms with E-state index in [1.165, 1.54) is 16.3 Å². The summed E-state index contributed by atoms with van der Waals surface area (Å²) in [5.74, 6) is 0. The van der Waals surface area contributed by atoms with Gasteiger partial charge in [-0.05, 0) is 16.3 Å². The number of hydrogen-bond acceptors (Lipinski definition) is 2. The molecule has 0 radical (unpaired) electrons. The number of rotatable bonds is 4. The van der Waals surface area contributed by atoms with Crippen LogP contribution in [0, 0.1) is 0 Å². The predicted molar refractivity (Wildman–Crippen MR) is 72.1 cm³/mol. The highest BCUT2D eigenvalue weighted by Gasteiger charge is 2.21. The molecule has 0 bridgehead atoms. The Balaban J connectivity index is 2.47. The fourth-order valence-electron chi connectivity index (χ4n) is 2.28. The number of hydrogen-bond donors (Lipinski definition) is 2. The predicted octanol–water partition coefficient (Wildman–Crippen LogP) is 2.66. The number of fused-ring (bicyclic) bond motifs is 1. The Hall–Kier alpha value is -1.38. The number of benzene rings is 2. The minimum absolute atomic E-state index is 0.00356. The van der Waals surface area contributed by atoms with Crippen LogP contribution in [0.3, 0.4) is 0 Å². The van der Waals surface area contributed by atoms with Crippen LogP contribution >= 0.6 is 0 Å². The van der Waals surface area contributed by atoms with Gasteiger partial charge in [-0.1, -0.05) is 56.3 Å². The zero-order valence-corrected chi connectivity index (χ0v) is 10.4. The van der Waals surface area contributed by atoms with Crippen LogP contribution in [-0.4, -0.2) is 18.4 Å². The molecule has 0 aliphatic heterocycles. The van der Waals surface area contributed by atoms with Gasteiger partial charge in [0.15, 0.2) is 0 Å². The van der Waals surface area contributed by atoms with Crippen LogP contribution in [0.15, 0.2) is 42.5 Å². The molecule has 2 aromatic rings. The van der Waals surface area contributed by atoms with Crippen molar-refractivity contribution in [3.8, 4) is 0 Å². The molecule has 2 rings (SSSR count). The fourth-order valence-corrected chi connectivity index (χ4v) is 2.28. The van der Waals surface area contributed by atoms with Crippen molar-refractivity contribution in [2.45, 2.75) is 19.3 Å². The van der Waals surface area contributed by atoms with Crippen LogP contribution in [-0.2, 0) is 5.41 Å². The fraction of sp³-hybridized carbons (Fsp3) is 0.333. The molecule has 0 aliphatic rings. The molecule has 0 aliphatic carbocycles. The molecule has 0 spiro atoms. The SMILES string of the molecule is CC(C)(CNCO)c1cccc2ccccc12. The van der Waals surface area contributed by atoms with E-state index >= 15 is 0 Å². The molecule has 0 aromatic heterocycles. The molecule has 2 nitrogen and oxygen atoms in total. The first-order chi connectivity index (χ1) is 8.15. The Morgan fingerprint density at radius 2 is 1.76 bits per heavy atom. The second-order valence-corrected chi connectivity index (χ2v) is 5.00. The molecule has 0 heterocycles. The lowest BCUT2D eigenvalue weighted by atomic mass is 9.81. The van der Waals surface area contributed by atoms with Gasteiger partial charge in [-0.15, -0.1) is 0 Å². The van der Waals surface area contributed by atoms with Gasteiger partial charge in [0.25, 0.3) is 0 Å². The topological polar surface area (TPSA) is 32.3 Å². The van der Waals surface area contributed by atoms with Crippen LogP contribution in [0.5, 0.6) is 0 Å². The molecule has 0 saturated heterocycles. The van der Waals surface area contributed by atoms with E-state index in [9.17, 15) is 0 Å². The first-order valence-electron chi connectivity index (χ1n) is 5.95. The number of aliphatic hydroxyl groups excluding tert-OH is 1. The Morgan fingerprint density at radius 1 is 1.06 bits per heavy atom. The van der Waals surface area contributed by atoms with Crippen molar-refractivity contribution in [1.82, 2.24) is 5.32 Å². The van der Waals surface area contributed by atoms with Gasteiger partial charge in [0.2, 0.25) is 0 Å². The van der Waals surface area contributed by atoms with E-state index in [2.05, 4.69) is 61.6 Å². The molecule has 2 N–H and O–H groups in total. The summed E-state index contributed by atoms with van der Waals surface area (Å²) in [7, 11) is 0. The molecule has 2 aromatic carbocycles. The first-order valence-corrected chi connectivity index (χ1v) is 5.95. The maximum absolute atomic E-state index is 8.88. The summed E-state index contributed by atoms with van der Waals surface area (Å²) in [6.07, 6.45) is 0. The third-order valence-electron chi connectivity index (χ3n) is 3.20. The van der Waals surface area contributed by atoms with Gasteiger partial charge in [0.05, 0.1) is 6.73 Å². The van der Waals surface area contributed by atoms with Gasteiger partial charge in [-0.3, -0.25) is 5.32 Å². The lowest BCUT2D eigenvalue weighted by Gasteiger charge is -2.27. The van der Waals surface area contributed by atoms with Gasteiger partial charge in [-0.2, -0.15) is 0 Å². The third kappa shape index (κ3) is 2.48. The van der Waals surface area contributed by atoms with Gasteiger partial charge >= 0.3 is 0 Å². The Bertz CT molecular complexity index is 500. The molecule has 17 heavy (non-hydrogen) atoms. The molecule has 0 saturated carbocycles. The van der Waals surface area contributed by atoms with Gasteiger partial charge in [-0.25, -0.2) is 0 Å². The lowest BCUT2D eigenvalue weighted by Crippen LogP contribution is -2.33. The Labute approximate surface area is 102 Å². The average Bonchev–Trinajstić information content (AvgIpc) is 2.36. The highest BCUT2D eigenvalue weighted by Crippen LogP contribution is 2.29. The molecule has 2 heteroatoms. The normalized spacial score (nSPS) is 11.9. The molecule has 0 unspecified atom stereocenters. The summed E-state index contributed by atoms with van der Waals surface area (Å²) in [5, 5.41) is 14.4. The molecule has 90 valence electrons. The minimum atomic E-state index is 0.00356. The maximum atomic E-state index is 8.88. The largest absolute Gasteiger partial charge is 0.381 e. The van der Waals surface area contributed by atoms with Gasteiger partial charge < -0.3 is 5.11 Å².